The molecule has 0 amide bonds. The first-order valence-corrected chi connectivity index (χ1v) is 9.06. The van der Waals surface area contributed by atoms with E-state index in [0.29, 0.717) is 28.8 Å². The average molecular weight is 380 g/mol. The number of hydrogen-bond donors (Lipinski definition) is 3. The minimum atomic E-state index is -0.330. The third-order valence-electron chi connectivity index (χ3n) is 4.72. The van der Waals surface area contributed by atoms with Gasteiger partial charge in [0.1, 0.15) is 23.7 Å². The van der Waals surface area contributed by atoms with Crippen LogP contribution in [0.5, 0.6) is 5.75 Å². The Kier molecular flexibility index (Phi) is 4.92. The molecule has 0 aliphatic heterocycles. The summed E-state index contributed by atoms with van der Waals surface area (Å²) in [6.45, 7) is 0.249. The van der Waals surface area contributed by atoms with E-state index in [1.807, 2.05) is 18.3 Å². The van der Waals surface area contributed by atoms with Crippen LogP contribution in [0.3, 0.4) is 0 Å². The molecule has 7 nitrogen and oxygen atoms in total. The summed E-state index contributed by atoms with van der Waals surface area (Å²) in [6.07, 6.45) is 7.06. The average Bonchev–Trinajstić information content (AvgIpc) is 3.41. The molecule has 3 aromatic rings. The Bertz CT molecular complexity index is 1040. The van der Waals surface area contributed by atoms with Gasteiger partial charge in [0.25, 0.3) is 0 Å². The van der Waals surface area contributed by atoms with Gasteiger partial charge in [-0.05, 0) is 37.1 Å². The molecule has 0 atom stereocenters. The molecule has 0 unspecified atom stereocenters. The summed E-state index contributed by atoms with van der Waals surface area (Å²) >= 11 is 0. The van der Waals surface area contributed by atoms with Crippen molar-refractivity contribution < 1.29 is 9.13 Å². The maximum absolute atomic E-state index is 14.2. The first-order valence-electron chi connectivity index (χ1n) is 9.06. The van der Waals surface area contributed by atoms with Crippen LogP contribution in [0, 0.1) is 11.2 Å². The number of fused-ring (bicyclic) bond motifs is 1. The number of ether oxygens (including phenoxy) is 1. The molecular formula is C20H21FN6O. The number of anilines is 1. The number of pyridine rings is 1. The Morgan fingerprint density at radius 2 is 2.21 bits per heavy atom. The molecule has 0 bridgehead atoms. The molecule has 1 aromatic carbocycles. The van der Waals surface area contributed by atoms with E-state index in [1.165, 1.54) is 19.4 Å². The summed E-state index contributed by atoms with van der Waals surface area (Å²) in [5.74, 6) is 0.876. The standard InChI is InChI=1S/C20H21FN6O/c1-28-18-4-2-3-17(21)16(18)11-24-19-8-7-15(20-26-25-12-27(19)20)13(9-22)10-23-14-5-6-14/h2-4,7-10,12,14,22-24H,5-6,11H2,1H3/b13-10+,22-9?. The molecule has 28 heavy (non-hydrogen) atoms. The van der Waals surface area contributed by atoms with Gasteiger partial charge in [0.05, 0.1) is 7.11 Å². The third-order valence-corrected chi connectivity index (χ3v) is 4.72. The minimum absolute atomic E-state index is 0.249. The van der Waals surface area contributed by atoms with Gasteiger partial charge >= 0.3 is 0 Å². The smallest absolute Gasteiger partial charge is 0.170 e. The molecule has 3 N–H and O–H groups in total. The van der Waals surface area contributed by atoms with Crippen molar-refractivity contribution in [1.29, 1.82) is 5.41 Å². The van der Waals surface area contributed by atoms with Gasteiger partial charge in [-0.2, -0.15) is 0 Å². The summed E-state index contributed by atoms with van der Waals surface area (Å²) in [7, 11) is 1.52. The SMILES string of the molecule is COc1cccc(F)c1CNc1ccc(/C(C=N)=C/NC2CC2)c2nncn12. The van der Waals surface area contributed by atoms with Gasteiger partial charge in [0, 0.05) is 41.7 Å². The molecule has 2 aromatic heterocycles. The molecule has 0 spiro atoms. The van der Waals surface area contributed by atoms with E-state index in [4.69, 9.17) is 10.1 Å². The fourth-order valence-electron chi connectivity index (χ4n) is 3.02. The minimum Gasteiger partial charge on any atom is -0.496 e. The van der Waals surface area contributed by atoms with Gasteiger partial charge in [-0.15, -0.1) is 10.2 Å². The first kappa shape index (κ1) is 18.0. The lowest BCUT2D eigenvalue weighted by Gasteiger charge is -2.14. The number of rotatable bonds is 8. The molecule has 2 heterocycles. The van der Waals surface area contributed by atoms with E-state index in [9.17, 15) is 4.39 Å². The molecule has 4 rings (SSSR count). The third kappa shape index (κ3) is 3.53. The second-order valence-electron chi connectivity index (χ2n) is 6.62. The van der Waals surface area contributed by atoms with Crippen LogP contribution >= 0.6 is 0 Å². The first-order chi connectivity index (χ1) is 13.7. The van der Waals surface area contributed by atoms with E-state index >= 15 is 0 Å². The number of halogens is 1. The lowest BCUT2D eigenvalue weighted by molar-refractivity contribution is 0.405. The van der Waals surface area contributed by atoms with Crippen LogP contribution in [0.25, 0.3) is 11.2 Å². The summed E-state index contributed by atoms with van der Waals surface area (Å²) in [5.41, 5.74) is 2.60. The molecule has 1 saturated carbocycles. The van der Waals surface area contributed by atoms with E-state index < -0.39 is 0 Å². The van der Waals surface area contributed by atoms with Crippen molar-refractivity contribution >= 4 is 23.3 Å². The van der Waals surface area contributed by atoms with Gasteiger partial charge in [-0.1, -0.05) is 6.07 Å². The molecule has 0 saturated heterocycles. The highest BCUT2D eigenvalue weighted by Gasteiger charge is 2.20. The van der Waals surface area contributed by atoms with E-state index in [0.717, 1.165) is 24.0 Å². The number of nitrogens with one attached hydrogen (secondary N) is 3. The van der Waals surface area contributed by atoms with Gasteiger partial charge in [0.15, 0.2) is 5.65 Å². The highest BCUT2D eigenvalue weighted by molar-refractivity contribution is 6.10. The van der Waals surface area contributed by atoms with Crippen LogP contribution in [0.4, 0.5) is 10.2 Å². The summed E-state index contributed by atoms with van der Waals surface area (Å²) in [4.78, 5) is 0. The van der Waals surface area contributed by atoms with Crippen molar-refractivity contribution in [1.82, 2.24) is 19.9 Å². The van der Waals surface area contributed by atoms with Crippen molar-refractivity contribution in [2.24, 2.45) is 0 Å². The Morgan fingerprint density at radius 3 is 2.96 bits per heavy atom. The Morgan fingerprint density at radius 1 is 1.36 bits per heavy atom. The van der Waals surface area contributed by atoms with Crippen LogP contribution in [-0.4, -0.2) is 34.0 Å². The molecule has 1 fully saturated rings. The highest BCUT2D eigenvalue weighted by atomic mass is 19.1. The summed E-state index contributed by atoms with van der Waals surface area (Å²) in [5, 5.41) is 22.5. The number of allylic oxidation sites excluding steroid dienone is 1. The predicted molar refractivity (Wildman–Crippen MR) is 106 cm³/mol. The van der Waals surface area contributed by atoms with Crippen molar-refractivity contribution in [3.05, 3.63) is 59.8 Å². The summed E-state index contributed by atoms with van der Waals surface area (Å²) in [6, 6.07) is 9.01. The van der Waals surface area contributed by atoms with Gasteiger partial charge in [-0.3, -0.25) is 4.40 Å². The number of benzene rings is 1. The monoisotopic (exact) mass is 380 g/mol. The van der Waals surface area contributed by atoms with Gasteiger partial charge in [0.2, 0.25) is 0 Å². The number of aromatic nitrogens is 3. The van der Waals surface area contributed by atoms with Crippen molar-refractivity contribution in [2.45, 2.75) is 25.4 Å². The van der Waals surface area contributed by atoms with Crippen LogP contribution in [0.2, 0.25) is 0 Å². The Hall–Kier alpha value is -3.42. The van der Waals surface area contributed by atoms with E-state index in [2.05, 4.69) is 20.8 Å². The highest BCUT2D eigenvalue weighted by Crippen LogP contribution is 2.25. The lowest BCUT2D eigenvalue weighted by Crippen LogP contribution is -2.10. The zero-order valence-corrected chi connectivity index (χ0v) is 15.4. The zero-order chi connectivity index (χ0) is 19.5. The van der Waals surface area contributed by atoms with Crippen molar-refractivity contribution in [3.63, 3.8) is 0 Å². The molecule has 144 valence electrons. The topological polar surface area (TPSA) is 87.3 Å². The maximum atomic E-state index is 14.2. The second-order valence-corrected chi connectivity index (χ2v) is 6.62. The van der Waals surface area contributed by atoms with Crippen LogP contribution in [0.1, 0.15) is 24.0 Å². The molecular weight excluding hydrogens is 359 g/mol. The normalized spacial score (nSPS) is 14.1. The Labute approximate surface area is 161 Å². The molecule has 0 radical (unpaired) electrons. The lowest BCUT2D eigenvalue weighted by atomic mass is 10.1. The van der Waals surface area contributed by atoms with E-state index in [-0.39, 0.29) is 12.4 Å². The largest absolute Gasteiger partial charge is 0.496 e. The van der Waals surface area contributed by atoms with Crippen molar-refractivity contribution in [3.8, 4) is 5.75 Å². The van der Waals surface area contributed by atoms with Crippen molar-refractivity contribution in [2.75, 3.05) is 12.4 Å². The molecule has 1 aliphatic rings. The fraction of sp³-hybridized carbons (Fsp3) is 0.250. The summed E-state index contributed by atoms with van der Waals surface area (Å²) < 4.78 is 21.2. The van der Waals surface area contributed by atoms with Gasteiger partial charge in [-0.25, -0.2) is 4.39 Å². The predicted octanol–water partition coefficient (Wildman–Crippen LogP) is 3.23. The fourth-order valence-corrected chi connectivity index (χ4v) is 3.02. The van der Waals surface area contributed by atoms with Crippen LogP contribution in [-0.2, 0) is 6.54 Å². The Balaban J connectivity index is 1.62. The maximum Gasteiger partial charge on any atom is 0.170 e. The van der Waals surface area contributed by atoms with Crippen LogP contribution < -0.4 is 15.4 Å². The van der Waals surface area contributed by atoms with Gasteiger partial charge < -0.3 is 20.8 Å². The van der Waals surface area contributed by atoms with Crippen LogP contribution in [0.15, 0.2) is 42.9 Å². The quantitative estimate of drug-likeness (QED) is 0.522. The number of nitrogens with zero attached hydrogens (tertiary/aromatic N) is 3. The number of hydrogen-bond acceptors (Lipinski definition) is 6. The van der Waals surface area contributed by atoms with E-state index in [1.54, 1.807) is 22.9 Å². The molecule has 8 heteroatoms. The molecule has 1 aliphatic carbocycles. The zero-order valence-electron chi connectivity index (χ0n) is 15.4. The number of methoxy groups -OCH3 is 1. The second kappa shape index (κ2) is 7.67.